The Morgan fingerprint density at radius 1 is 0.506 bits per heavy atom. The van der Waals surface area contributed by atoms with Crippen LogP contribution in [0.2, 0.25) is 5.15 Å². The quantitative estimate of drug-likeness (QED) is 0.0159. The Bertz CT molecular complexity index is 3240. The van der Waals surface area contributed by atoms with Gasteiger partial charge in [0.05, 0.1) is 35.5 Å². The third kappa shape index (κ3) is 28.7. The number of nitrogens with one attached hydrogen (secondary N) is 6. The Labute approximate surface area is 522 Å². The predicted molar refractivity (Wildman–Crippen MR) is 330 cm³/mol. The minimum atomic E-state index is -3.78. The van der Waals surface area contributed by atoms with Gasteiger partial charge < -0.3 is 19.3 Å². The Kier molecular flexibility index (Phi) is 31.8. The number of nitrogens with zero attached hydrogens (tertiary/aromatic N) is 6. The van der Waals surface area contributed by atoms with Gasteiger partial charge in [0, 0.05) is 33.1 Å². The van der Waals surface area contributed by atoms with Crippen LogP contribution in [0.1, 0.15) is 60.8 Å². The number of hydrogen-bond donors (Lipinski definition) is 7. The fraction of sp³-hybridized carbons (Fsp3) is 0.362. The predicted octanol–water partition coefficient (Wildman–Crippen LogP) is 11.7. The van der Waals surface area contributed by atoms with Crippen LogP contribution >= 0.6 is 96.6 Å². The first-order chi connectivity index (χ1) is 38.0. The van der Waals surface area contributed by atoms with Gasteiger partial charge in [0.25, 0.3) is 30.6 Å². The van der Waals surface area contributed by atoms with Crippen LogP contribution in [0.5, 0.6) is 11.8 Å². The molecular formula is C47H60Br3Cl5N12O10S3Ti. The molecule has 3 aromatic heterocycles. The van der Waals surface area contributed by atoms with Crippen molar-refractivity contribution in [2.75, 3.05) is 60.2 Å². The van der Waals surface area contributed by atoms with Crippen molar-refractivity contribution in [2.24, 2.45) is 0 Å². The van der Waals surface area contributed by atoms with Gasteiger partial charge in [0.2, 0.25) is 11.8 Å². The molecular weight excluding hydrogens is 1450 g/mol. The van der Waals surface area contributed by atoms with Crippen LogP contribution in [0, 0.1) is 0 Å². The second-order valence-corrected chi connectivity index (χ2v) is 40.1. The molecule has 7 N–H and O–H groups in total. The molecule has 0 aliphatic carbocycles. The number of aliphatic hydroxyl groups excluding tert-OH is 1. The van der Waals surface area contributed by atoms with E-state index in [0.717, 1.165) is 13.4 Å². The Morgan fingerprint density at radius 3 is 1.14 bits per heavy atom. The van der Waals surface area contributed by atoms with Crippen molar-refractivity contribution in [3.63, 3.8) is 0 Å². The van der Waals surface area contributed by atoms with Crippen LogP contribution in [-0.2, 0) is 47.7 Å². The molecule has 0 amide bonds. The van der Waals surface area contributed by atoms with Crippen LogP contribution in [0.4, 0.5) is 17.5 Å². The summed E-state index contributed by atoms with van der Waals surface area (Å²) in [6.45, 7) is 12.9. The van der Waals surface area contributed by atoms with Gasteiger partial charge in [0.15, 0.2) is 17.5 Å². The molecule has 81 heavy (non-hydrogen) atoms. The maximum absolute atomic E-state index is 12.3. The van der Waals surface area contributed by atoms with Gasteiger partial charge in [-0.15, -0.1) is 0 Å². The molecule has 34 heteroatoms. The molecule has 0 aliphatic rings. The molecule has 0 fully saturated rings. The number of anilines is 3. The van der Waals surface area contributed by atoms with E-state index in [1.165, 1.54) is 19.0 Å². The summed E-state index contributed by atoms with van der Waals surface area (Å²) >= 11 is 13.1. The molecule has 0 spiro atoms. The third-order valence-corrected chi connectivity index (χ3v) is 14.3. The first-order valence-electron chi connectivity index (χ1n) is 24.1. The number of aromatic nitrogens is 6. The first kappa shape index (κ1) is 72.4. The van der Waals surface area contributed by atoms with Crippen molar-refractivity contribution in [1.29, 1.82) is 0 Å². The van der Waals surface area contributed by atoms with Gasteiger partial charge in [0.1, 0.15) is 37.3 Å². The maximum atomic E-state index is 12.3. The Hall–Kier alpha value is -2.85. The number of ether oxygens (including phenoxy) is 3. The monoisotopic (exact) mass is 1510 g/mol. The van der Waals surface area contributed by atoms with E-state index in [2.05, 4.69) is 106 Å². The van der Waals surface area contributed by atoms with E-state index in [9.17, 15) is 25.3 Å². The average Bonchev–Trinajstić information content (AvgIpc) is 3.40. The fourth-order valence-electron chi connectivity index (χ4n) is 6.01. The molecule has 6 rings (SSSR count). The first-order valence-corrected chi connectivity index (χ1v) is 39.9. The summed E-state index contributed by atoms with van der Waals surface area (Å²) in [5.74, 6) is 0.810. The summed E-state index contributed by atoms with van der Waals surface area (Å²) in [6, 6.07) is 21.8. The summed E-state index contributed by atoms with van der Waals surface area (Å²) in [4.78, 5) is 24.4. The van der Waals surface area contributed by atoms with Crippen molar-refractivity contribution >= 4 is 145 Å². The van der Waals surface area contributed by atoms with Crippen LogP contribution in [0.3, 0.4) is 0 Å². The van der Waals surface area contributed by atoms with Crippen LogP contribution in [0.25, 0.3) is 33.4 Å². The summed E-state index contributed by atoms with van der Waals surface area (Å²) in [7, 11) is 8.79. The molecule has 6 aromatic rings. The molecule has 22 nitrogen and oxygen atoms in total. The summed E-state index contributed by atoms with van der Waals surface area (Å²) < 4.78 is 107. The molecule has 446 valence electrons. The van der Waals surface area contributed by atoms with Crippen LogP contribution < -0.4 is 37.8 Å². The van der Waals surface area contributed by atoms with Crippen LogP contribution in [0.15, 0.2) is 105 Å². The van der Waals surface area contributed by atoms with Gasteiger partial charge in [-0.3, -0.25) is 14.2 Å². The minimum absolute atomic E-state index is 0.0286. The van der Waals surface area contributed by atoms with E-state index in [1.54, 1.807) is 24.3 Å². The van der Waals surface area contributed by atoms with E-state index in [-0.39, 0.29) is 59.8 Å². The summed E-state index contributed by atoms with van der Waals surface area (Å²) in [5.41, 5.74) is 3.09. The van der Waals surface area contributed by atoms with Gasteiger partial charge in [-0.05, 0) is 93.1 Å². The number of aliphatic hydroxyl groups is 1. The number of hydrogen-bond acceptors (Lipinski definition) is 16. The molecule has 0 saturated heterocycles. The normalized spacial score (nSPS) is 11.6. The Balaban J connectivity index is 0.000000308. The molecule has 0 unspecified atom stereocenters. The van der Waals surface area contributed by atoms with Gasteiger partial charge in [-0.25, -0.2) is 29.9 Å². The molecule has 0 bridgehead atoms. The van der Waals surface area contributed by atoms with E-state index in [4.69, 9.17) is 68.1 Å². The molecule has 0 saturated carbocycles. The number of halogens is 8. The van der Waals surface area contributed by atoms with Gasteiger partial charge in [-0.2, -0.15) is 39.4 Å². The molecule has 3 heterocycles. The standard InChI is InChI=1S/C19H27BrN4O4S.C15H19BrN4O4S.C13H14BrClN4O2S.4ClH.Ti/c1-5-10-23-29(25,26)24-17-16(14-6-8-15(20)9-7-14)18(22-13-21-17)27-11-12-28-19(2,3)4;1-2-7-19-25(22,23)20-14-13(11-3-5-12(16)6-4-11)15(18-10-17-14)24-9-8-21;1-2-7-18-22(20,21)19-13-11(12(15)16-8-17-13)9-3-5-10(14)6-4-9;;;;;/h6-9,13,23H,5,10-12H2,1-4H3,(H,21,22,24);3-6,10,19,21H,2,7-9H2,1H3,(H,17,18,20);3-6,8,18H,2,7H2,1H3,(H,16,17,19);4*1H;/q;;;;;;;+4/p-4. The second-order valence-electron chi connectivity index (χ2n) is 17.0. The van der Waals surface area contributed by atoms with Crippen LogP contribution in [-0.4, -0.2) is 112 Å². The molecule has 0 radical (unpaired) electrons. The fourth-order valence-corrected chi connectivity index (χ4v) is 9.91. The topological polar surface area (TPSA) is 300 Å². The average molecular weight is 1510 g/mol. The SMILES string of the molecule is CCCNS(=O)(=O)Nc1ncnc(Cl)c1-c1ccc(Br)cc1.CCCNS(=O)(=O)Nc1ncnc(OCCO)c1-c1ccc(Br)cc1.CCCNS(=O)(=O)Nc1ncnc(OCCOC(C)(C)C)c1-c1ccc(Br)cc1.[Cl][Ti]([Cl])([Cl])[Cl]. The van der Waals surface area contributed by atoms with E-state index >= 15 is 0 Å². The zero-order chi connectivity index (χ0) is 60.4. The molecule has 3 aromatic carbocycles. The zero-order valence-corrected chi connectivity index (χ0v) is 56.8. The van der Waals surface area contributed by atoms with E-state index < -0.39 is 43.0 Å². The number of benzene rings is 3. The van der Waals surface area contributed by atoms with Crippen molar-refractivity contribution < 1.29 is 56.9 Å². The summed E-state index contributed by atoms with van der Waals surface area (Å²) in [5, 5.41) is 9.15. The van der Waals surface area contributed by atoms with Crippen molar-refractivity contribution in [3.05, 3.63) is 110 Å². The zero-order valence-electron chi connectivity index (χ0n) is 44.3. The van der Waals surface area contributed by atoms with E-state index in [1.807, 2.05) is 90.1 Å². The third-order valence-electron chi connectivity index (χ3n) is 9.33. The van der Waals surface area contributed by atoms with Gasteiger partial charge >= 0.3 is 49.6 Å². The molecule has 0 aliphatic heterocycles. The molecule has 0 atom stereocenters. The van der Waals surface area contributed by atoms with Crippen molar-refractivity contribution in [1.82, 2.24) is 44.1 Å². The van der Waals surface area contributed by atoms with Gasteiger partial charge in [-0.1, -0.05) is 117 Å². The Morgan fingerprint density at radius 2 is 0.815 bits per heavy atom. The number of rotatable bonds is 25. The second kappa shape index (κ2) is 35.6. The summed E-state index contributed by atoms with van der Waals surface area (Å²) in [6.07, 6.45) is 5.70. The van der Waals surface area contributed by atoms with Crippen molar-refractivity contribution in [2.45, 2.75) is 66.4 Å². The van der Waals surface area contributed by atoms with E-state index in [0.29, 0.717) is 78.9 Å². The van der Waals surface area contributed by atoms with Crippen molar-refractivity contribution in [3.8, 4) is 45.1 Å².